The van der Waals surface area contributed by atoms with E-state index < -0.39 is 0 Å². The van der Waals surface area contributed by atoms with E-state index in [9.17, 15) is 0 Å². The van der Waals surface area contributed by atoms with Gasteiger partial charge in [-0.3, -0.25) is 0 Å². The van der Waals surface area contributed by atoms with Crippen LogP contribution in [0, 0.1) is 6.92 Å². The van der Waals surface area contributed by atoms with Gasteiger partial charge in [-0.25, -0.2) is 0 Å². The maximum atomic E-state index is 5.79. The van der Waals surface area contributed by atoms with E-state index in [2.05, 4.69) is 58.1 Å². The molecule has 0 amide bonds. The molecule has 0 saturated heterocycles. The average molecular weight is 235 g/mol. The summed E-state index contributed by atoms with van der Waals surface area (Å²) in [5, 5.41) is 3.17. The third-order valence-corrected chi connectivity index (χ3v) is 3.02. The lowest BCUT2D eigenvalue weighted by Gasteiger charge is -2.21. The van der Waals surface area contributed by atoms with Gasteiger partial charge in [0.1, 0.15) is 12.4 Å². The zero-order valence-corrected chi connectivity index (χ0v) is 11.9. The van der Waals surface area contributed by atoms with Gasteiger partial charge in [0.15, 0.2) is 0 Å². The number of hydrogen-bond donors (Lipinski definition) is 1. The fourth-order valence-electron chi connectivity index (χ4n) is 1.58. The molecule has 1 N–H and O–H groups in total. The van der Waals surface area contributed by atoms with Crippen LogP contribution in [0.5, 0.6) is 5.75 Å². The zero-order valence-electron chi connectivity index (χ0n) is 11.9. The number of aryl methyl sites for hydroxylation is 1. The SMILES string of the molecule is CNC(C)COc1ccc(C(C)(C)C)cc1C. The summed E-state index contributed by atoms with van der Waals surface area (Å²) in [5.74, 6) is 0.986. The van der Waals surface area contributed by atoms with E-state index >= 15 is 0 Å². The molecule has 0 radical (unpaired) electrons. The molecule has 1 aromatic rings. The quantitative estimate of drug-likeness (QED) is 0.864. The van der Waals surface area contributed by atoms with Gasteiger partial charge in [0.25, 0.3) is 0 Å². The minimum Gasteiger partial charge on any atom is -0.492 e. The molecule has 0 fully saturated rings. The van der Waals surface area contributed by atoms with E-state index in [1.807, 2.05) is 7.05 Å². The maximum absolute atomic E-state index is 5.79. The van der Waals surface area contributed by atoms with Crippen LogP contribution in [0.15, 0.2) is 18.2 Å². The van der Waals surface area contributed by atoms with Crippen molar-refractivity contribution in [1.82, 2.24) is 5.32 Å². The Labute approximate surface area is 105 Å². The lowest BCUT2D eigenvalue weighted by molar-refractivity contribution is 0.278. The van der Waals surface area contributed by atoms with Crippen molar-refractivity contribution in [2.45, 2.75) is 46.1 Å². The van der Waals surface area contributed by atoms with Gasteiger partial charge in [0.2, 0.25) is 0 Å². The number of nitrogens with one attached hydrogen (secondary N) is 1. The predicted octanol–water partition coefficient (Wildman–Crippen LogP) is 3.28. The minimum atomic E-state index is 0.196. The van der Waals surface area contributed by atoms with Crippen LogP contribution in [0.2, 0.25) is 0 Å². The molecule has 0 aliphatic rings. The van der Waals surface area contributed by atoms with Crippen molar-refractivity contribution in [3.8, 4) is 5.75 Å². The molecular weight excluding hydrogens is 210 g/mol. The van der Waals surface area contributed by atoms with E-state index in [-0.39, 0.29) is 5.41 Å². The summed E-state index contributed by atoms with van der Waals surface area (Å²) in [6, 6.07) is 6.83. The normalized spacial score (nSPS) is 13.5. The lowest BCUT2D eigenvalue weighted by Crippen LogP contribution is -2.28. The van der Waals surface area contributed by atoms with Gasteiger partial charge < -0.3 is 10.1 Å². The number of benzene rings is 1. The van der Waals surface area contributed by atoms with Crippen LogP contribution in [0.4, 0.5) is 0 Å². The molecule has 2 heteroatoms. The highest BCUT2D eigenvalue weighted by atomic mass is 16.5. The van der Waals surface area contributed by atoms with E-state index in [1.54, 1.807) is 0 Å². The third-order valence-electron chi connectivity index (χ3n) is 3.02. The molecule has 2 nitrogen and oxygen atoms in total. The van der Waals surface area contributed by atoms with Gasteiger partial charge in [-0.05, 0) is 43.5 Å². The lowest BCUT2D eigenvalue weighted by atomic mass is 9.86. The first kappa shape index (κ1) is 14.0. The summed E-state index contributed by atoms with van der Waals surface area (Å²) in [6.07, 6.45) is 0. The molecule has 96 valence electrons. The van der Waals surface area contributed by atoms with Crippen molar-refractivity contribution in [1.29, 1.82) is 0 Å². The Morgan fingerprint density at radius 1 is 1.29 bits per heavy atom. The Balaban J connectivity index is 2.77. The zero-order chi connectivity index (χ0) is 13.1. The van der Waals surface area contributed by atoms with Crippen LogP contribution in [-0.2, 0) is 5.41 Å². The highest BCUT2D eigenvalue weighted by Crippen LogP contribution is 2.27. The van der Waals surface area contributed by atoms with E-state index in [0.717, 1.165) is 5.75 Å². The van der Waals surface area contributed by atoms with Gasteiger partial charge in [0.05, 0.1) is 0 Å². The van der Waals surface area contributed by atoms with Gasteiger partial charge in [-0.15, -0.1) is 0 Å². The highest BCUT2D eigenvalue weighted by molar-refractivity contribution is 5.38. The van der Waals surface area contributed by atoms with Crippen molar-refractivity contribution in [2.75, 3.05) is 13.7 Å². The standard InChI is InChI=1S/C15H25NO/c1-11-9-13(15(3,4)5)7-8-14(11)17-10-12(2)16-6/h7-9,12,16H,10H2,1-6H3. The van der Waals surface area contributed by atoms with Crippen LogP contribution in [0.25, 0.3) is 0 Å². The molecule has 0 spiro atoms. The van der Waals surface area contributed by atoms with Crippen LogP contribution in [-0.4, -0.2) is 19.7 Å². The first-order valence-corrected chi connectivity index (χ1v) is 6.26. The smallest absolute Gasteiger partial charge is 0.122 e. The van der Waals surface area contributed by atoms with Crippen molar-refractivity contribution < 1.29 is 4.74 Å². The van der Waals surface area contributed by atoms with Crippen LogP contribution >= 0.6 is 0 Å². The molecule has 0 aliphatic heterocycles. The molecule has 0 saturated carbocycles. The minimum absolute atomic E-state index is 0.196. The first-order valence-electron chi connectivity index (χ1n) is 6.26. The number of likely N-dealkylation sites (N-methyl/N-ethyl adjacent to an activating group) is 1. The molecule has 0 bridgehead atoms. The molecule has 17 heavy (non-hydrogen) atoms. The monoisotopic (exact) mass is 235 g/mol. The number of rotatable bonds is 4. The van der Waals surface area contributed by atoms with E-state index in [0.29, 0.717) is 12.6 Å². The Kier molecular flexibility index (Phi) is 4.58. The van der Waals surface area contributed by atoms with Crippen LogP contribution in [0.1, 0.15) is 38.8 Å². The summed E-state index contributed by atoms with van der Waals surface area (Å²) < 4.78 is 5.79. The Hall–Kier alpha value is -1.02. The molecule has 1 aromatic carbocycles. The molecule has 1 unspecified atom stereocenters. The summed E-state index contributed by atoms with van der Waals surface area (Å²) in [5.41, 5.74) is 2.76. The number of hydrogen-bond acceptors (Lipinski definition) is 2. The van der Waals surface area contributed by atoms with Crippen molar-refractivity contribution in [3.63, 3.8) is 0 Å². The van der Waals surface area contributed by atoms with Crippen LogP contribution < -0.4 is 10.1 Å². The topological polar surface area (TPSA) is 21.3 Å². The second-order valence-electron chi connectivity index (χ2n) is 5.73. The second kappa shape index (κ2) is 5.54. The largest absolute Gasteiger partial charge is 0.492 e. The maximum Gasteiger partial charge on any atom is 0.122 e. The van der Waals surface area contributed by atoms with Crippen LogP contribution in [0.3, 0.4) is 0 Å². The fourth-order valence-corrected chi connectivity index (χ4v) is 1.58. The average Bonchev–Trinajstić information content (AvgIpc) is 2.25. The molecule has 1 rings (SSSR count). The second-order valence-corrected chi connectivity index (χ2v) is 5.73. The molecule has 0 aromatic heterocycles. The highest BCUT2D eigenvalue weighted by Gasteiger charge is 2.14. The molecule has 0 heterocycles. The Morgan fingerprint density at radius 2 is 1.94 bits per heavy atom. The summed E-state index contributed by atoms with van der Waals surface area (Å²) in [7, 11) is 1.95. The van der Waals surface area contributed by atoms with E-state index in [4.69, 9.17) is 4.74 Å². The fraction of sp³-hybridized carbons (Fsp3) is 0.600. The Bertz CT molecular complexity index is 366. The van der Waals surface area contributed by atoms with Gasteiger partial charge in [-0.1, -0.05) is 32.9 Å². The number of ether oxygens (including phenoxy) is 1. The summed E-state index contributed by atoms with van der Waals surface area (Å²) in [6.45, 7) is 11.6. The third kappa shape index (κ3) is 4.04. The Morgan fingerprint density at radius 3 is 2.41 bits per heavy atom. The molecular formula is C15H25NO. The van der Waals surface area contributed by atoms with Gasteiger partial charge in [-0.2, -0.15) is 0 Å². The van der Waals surface area contributed by atoms with E-state index in [1.165, 1.54) is 11.1 Å². The predicted molar refractivity (Wildman–Crippen MR) is 73.9 cm³/mol. The summed E-state index contributed by atoms with van der Waals surface area (Å²) in [4.78, 5) is 0. The van der Waals surface area contributed by atoms with Crippen molar-refractivity contribution in [3.05, 3.63) is 29.3 Å². The van der Waals surface area contributed by atoms with Crippen molar-refractivity contribution in [2.24, 2.45) is 0 Å². The molecule has 0 aliphatic carbocycles. The first-order chi connectivity index (χ1) is 7.84. The van der Waals surface area contributed by atoms with Gasteiger partial charge in [0, 0.05) is 6.04 Å². The summed E-state index contributed by atoms with van der Waals surface area (Å²) >= 11 is 0. The van der Waals surface area contributed by atoms with Gasteiger partial charge >= 0.3 is 0 Å². The van der Waals surface area contributed by atoms with Crippen molar-refractivity contribution >= 4 is 0 Å². The molecule has 1 atom stereocenters.